The molecule has 1 aromatic rings. The van der Waals surface area contributed by atoms with E-state index in [1.807, 2.05) is 0 Å². The predicted octanol–water partition coefficient (Wildman–Crippen LogP) is 1.86. The van der Waals surface area contributed by atoms with Crippen LogP contribution < -0.4 is 5.32 Å². The maximum absolute atomic E-state index is 13.3. The number of nitrogens with one attached hydrogen (secondary N) is 1. The molecule has 1 heterocycles. The van der Waals surface area contributed by atoms with Crippen molar-refractivity contribution in [3.8, 4) is 0 Å². The zero-order valence-corrected chi connectivity index (χ0v) is 9.89. The highest BCUT2D eigenvalue weighted by Gasteiger charge is 2.16. The van der Waals surface area contributed by atoms with Crippen LogP contribution in [0.2, 0.25) is 0 Å². The second-order valence-electron chi connectivity index (χ2n) is 4.40. The zero-order chi connectivity index (χ0) is 13.0. The average Bonchev–Trinajstić information content (AvgIpc) is 2.81. The Morgan fingerprint density at radius 1 is 1.56 bits per heavy atom. The topological polar surface area (TPSA) is 64.4 Å². The van der Waals surface area contributed by atoms with Crippen LogP contribution in [0.25, 0.3) is 0 Å². The maximum Gasteiger partial charge on any atom is 0.304 e. The van der Waals surface area contributed by atoms with Gasteiger partial charge in [0.25, 0.3) is 0 Å². The third-order valence-electron chi connectivity index (χ3n) is 2.99. The molecule has 1 aliphatic heterocycles. The SMILES string of the molecule is O=[N+]([O-])c1ccc(CNCC2CCOC2)cc1F. The number of halogens is 1. The van der Waals surface area contributed by atoms with Crippen molar-refractivity contribution in [2.75, 3.05) is 19.8 Å². The molecule has 98 valence electrons. The van der Waals surface area contributed by atoms with Crippen molar-refractivity contribution in [1.82, 2.24) is 5.32 Å². The van der Waals surface area contributed by atoms with Gasteiger partial charge in [-0.2, -0.15) is 4.39 Å². The first-order chi connectivity index (χ1) is 8.66. The fourth-order valence-electron chi connectivity index (χ4n) is 1.97. The highest BCUT2D eigenvalue weighted by Crippen LogP contribution is 2.18. The summed E-state index contributed by atoms with van der Waals surface area (Å²) in [7, 11) is 0. The van der Waals surface area contributed by atoms with Gasteiger partial charge in [0.1, 0.15) is 0 Å². The van der Waals surface area contributed by atoms with Crippen LogP contribution in [0.3, 0.4) is 0 Å². The molecule has 0 aromatic heterocycles. The zero-order valence-electron chi connectivity index (χ0n) is 9.89. The number of hydrogen-bond donors (Lipinski definition) is 1. The van der Waals surface area contributed by atoms with Crippen LogP contribution in [-0.2, 0) is 11.3 Å². The van der Waals surface area contributed by atoms with E-state index in [4.69, 9.17) is 4.74 Å². The highest BCUT2D eigenvalue weighted by atomic mass is 19.1. The molecule has 1 unspecified atom stereocenters. The quantitative estimate of drug-likeness (QED) is 0.643. The molecule has 0 amide bonds. The first kappa shape index (κ1) is 12.9. The van der Waals surface area contributed by atoms with Gasteiger partial charge in [0.05, 0.1) is 11.5 Å². The molecule has 1 N–H and O–H groups in total. The molecule has 0 aliphatic carbocycles. The van der Waals surface area contributed by atoms with E-state index in [-0.39, 0.29) is 0 Å². The van der Waals surface area contributed by atoms with E-state index in [1.54, 1.807) is 6.07 Å². The Balaban J connectivity index is 1.85. The summed E-state index contributed by atoms with van der Waals surface area (Å²) in [5, 5.41) is 13.7. The molecule has 1 aliphatic rings. The summed E-state index contributed by atoms with van der Waals surface area (Å²) in [5.41, 5.74) is 0.222. The van der Waals surface area contributed by atoms with Crippen LogP contribution in [0.5, 0.6) is 0 Å². The van der Waals surface area contributed by atoms with Crippen molar-refractivity contribution in [3.05, 3.63) is 39.7 Å². The van der Waals surface area contributed by atoms with Crippen LogP contribution in [0.15, 0.2) is 18.2 Å². The second-order valence-corrected chi connectivity index (χ2v) is 4.40. The van der Waals surface area contributed by atoms with E-state index in [9.17, 15) is 14.5 Å². The second kappa shape index (κ2) is 5.88. The number of hydrogen-bond acceptors (Lipinski definition) is 4. The molecule has 18 heavy (non-hydrogen) atoms. The summed E-state index contributed by atoms with van der Waals surface area (Å²) in [5.74, 6) is -0.281. The Morgan fingerprint density at radius 3 is 3.00 bits per heavy atom. The Kier molecular flexibility index (Phi) is 4.22. The number of nitro groups is 1. The van der Waals surface area contributed by atoms with Gasteiger partial charge in [-0.1, -0.05) is 6.07 Å². The van der Waals surface area contributed by atoms with Crippen molar-refractivity contribution in [1.29, 1.82) is 0 Å². The molecule has 0 saturated carbocycles. The smallest absolute Gasteiger partial charge is 0.304 e. The molecule has 6 heteroatoms. The molecule has 0 radical (unpaired) electrons. The van der Waals surface area contributed by atoms with Crippen molar-refractivity contribution >= 4 is 5.69 Å². The Hall–Kier alpha value is -1.53. The lowest BCUT2D eigenvalue weighted by Gasteiger charge is -2.09. The average molecular weight is 254 g/mol. The monoisotopic (exact) mass is 254 g/mol. The largest absolute Gasteiger partial charge is 0.381 e. The van der Waals surface area contributed by atoms with Crippen LogP contribution in [0, 0.1) is 21.8 Å². The van der Waals surface area contributed by atoms with E-state index in [0.29, 0.717) is 18.0 Å². The van der Waals surface area contributed by atoms with Crippen molar-refractivity contribution < 1.29 is 14.1 Å². The van der Waals surface area contributed by atoms with E-state index >= 15 is 0 Å². The van der Waals surface area contributed by atoms with Gasteiger partial charge in [0.15, 0.2) is 0 Å². The lowest BCUT2D eigenvalue weighted by atomic mass is 10.1. The van der Waals surface area contributed by atoms with Crippen molar-refractivity contribution in [3.63, 3.8) is 0 Å². The van der Waals surface area contributed by atoms with Crippen LogP contribution in [-0.4, -0.2) is 24.7 Å². The highest BCUT2D eigenvalue weighted by molar-refractivity contribution is 5.34. The predicted molar refractivity (Wildman–Crippen MR) is 63.7 cm³/mol. The van der Waals surface area contributed by atoms with E-state index in [0.717, 1.165) is 26.2 Å². The molecule has 1 fully saturated rings. The maximum atomic E-state index is 13.3. The number of nitrogens with zero attached hydrogens (tertiary/aromatic N) is 1. The summed E-state index contributed by atoms with van der Waals surface area (Å²) in [6.45, 7) is 2.89. The third kappa shape index (κ3) is 3.24. The third-order valence-corrected chi connectivity index (χ3v) is 2.99. The lowest BCUT2D eigenvalue weighted by molar-refractivity contribution is -0.387. The normalized spacial score (nSPS) is 19.1. The molecule has 0 spiro atoms. The van der Waals surface area contributed by atoms with Gasteiger partial charge in [0, 0.05) is 25.8 Å². The first-order valence-corrected chi connectivity index (χ1v) is 5.88. The van der Waals surface area contributed by atoms with Crippen LogP contribution >= 0.6 is 0 Å². The minimum atomic E-state index is -0.788. The molecular weight excluding hydrogens is 239 g/mol. The summed E-state index contributed by atoms with van der Waals surface area (Å²) in [6.07, 6.45) is 1.04. The fraction of sp³-hybridized carbons (Fsp3) is 0.500. The lowest BCUT2D eigenvalue weighted by Crippen LogP contribution is -2.22. The van der Waals surface area contributed by atoms with Gasteiger partial charge in [0.2, 0.25) is 5.82 Å². The van der Waals surface area contributed by atoms with Crippen LogP contribution in [0.1, 0.15) is 12.0 Å². The van der Waals surface area contributed by atoms with E-state index in [1.165, 1.54) is 12.1 Å². The minimum absolute atomic E-state index is 0.483. The van der Waals surface area contributed by atoms with E-state index in [2.05, 4.69) is 5.32 Å². The summed E-state index contributed by atoms with van der Waals surface area (Å²) >= 11 is 0. The Bertz CT molecular complexity index is 433. The van der Waals surface area contributed by atoms with Crippen molar-refractivity contribution in [2.24, 2.45) is 5.92 Å². The summed E-state index contributed by atoms with van der Waals surface area (Å²) in [4.78, 5) is 9.74. The number of benzene rings is 1. The van der Waals surface area contributed by atoms with Crippen LogP contribution in [0.4, 0.5) is 10.1 Å². The van der Waals surface area contributed by atoms with Gasteiger partial charge in [-0.25, -0.2) is 0 Å². The standard InChI is InChI=1S/C12H15FN2O3/c13-11-5-9(1-2-12(11)15(16)17)6-14-7-10-3-4-18-8-10/h1-2,5,10,14H,3-4,6-8H2. The molecule has 0 bridgehead atoms. The van der Waals surface area contributed by atoms with Gasteiger partial charge >= 0.3 is 5.69 Å². The van der Waals surface area contributed by atoms with Gasteiger partial charge < -0.3 is 10.1 Å². The number of ether oxygens (including phenoxy) is 1. The Morgan fingerprint density at radius 2 is 2.39 bits per heavy atom. The molecular formula is C12H15FN2O3. The molecule has 2 rings (SSSR count). The van der Waals surface area contributed by atoms with Gasteiger partial charge in [-0.05, 0) is 24.0 Å². The first-order valence-electron chi connectivity index (χ1n) is 5.88. The van der Waals surface area contributed by atoms with Gasteiger partial charge in [-0.15, -0.1) is 0 Å². The van der Waals surface area contributed by atoms with Gasteiger partial charge in [-0.3, -0.25) is 10.1 Å². The summed E-state index contributed by atoms with van der Waals surface area (Å²) in [6, 6.07) is 3.97. The number of rotatable bonds is 5. The molecule has 5 nitrogen and oxygen atoms in total. The number of nitro benzene ring substituents is 1. The minimum Gasteiger partial charge on any atom is -0.381 e. The van der Waals surface area contributed by atoms with Crippen molar-refractivity contribution in [2.45, 2.75) is 13.0 Å². The molecule has 1 saturated heterocycles. The summed E-state index contributed by atoms with van der Waals surface area (Å²) < 4.78 is 18.6. The fourth-order valence-corrected chi connectivity index (χ4v) is 1.97. The molecule has 1 aromatic carbocycles. The Labute approximate surface area is 104 Å². The molecule has 1 atom stereocenters. The van der Waals surface area contributed by atoms with E-state index < -0.39 is 16.4 Å².